The average molecular weight is 309 g/mol. The number of hydrogen-bond acceptors (Lipinski definition) is 8. The van der Waals surface area contributed by atoms with Gasteiger partial charge in [0.05, 0.1) is 16.1 Å². The van der Waals surface area contributed by atoms with E-state index in [-0.39, 0.29) is 17.0 Å². The number of carbonyl (C=O) groups excluding carboxylic acids is 2. The first kappa shape index (κ1) is 15.0. The minimum atomic E-state index is -0.672. The number of nitrogens with two attached hydrogens (primary N) is 2. The zero-order valence-corrected chi connectivity index (χ0v) is 12.4. The van der Waals surface area contributed by atoms with E-state index >= 15 is 0 Å². The van der Waals surface area contributed by atoms with Crippen LogP contribution in [0, 0.1) is 6.92 Å². The Hall–Kier alpha value is -2.42. The zero-order valence-electron chi connectivity index (χ0n) is 11.6. The van der Waals surface area contributed by atoms with Gasteiger partial charge in [0.25, 0.3) is 5.91 Å². The molecule has 0 aliphatic rings. The van der Waals surface area contributed by atoms with Gasteiger partial charge in [-0.15, -0.1) is 11.3 Å². The van der Waals surface area contributed by atoms with E-state index < -0.39 is 5.91 Å². The predicted octanol–water partition coefficient (Wildman–Crippen LogP) is 0.978. The topological polar surface area (TPSA) is 137 Å². The van der Waals surface area contributed by atoms with Crippen molar-refractivity contribution in [1.29, 1.82) is 0 Å². The van der Waals surface area contributed by atoms with Gasteiger partial charge in [0.15, 0.2) is 11.6 Å². The molecule has 0 saturated carbocycles. The summed E-state index contributed by atoms with van der Waals surface area (Å²) in [5.41, 5.74) is 11.4. The molecule has 0 radical (unpaired) electrons. The lowest BCUT2D eigenvalue weighted by atomic mass is 10.2. The van der Waals surface area contributed by atoms with E-state index in [1.165, 1.54) is 6.92 Å². The van der Waals surface area contributed by atoms with E-state index in [1.54, 1.807) is 6.92 Å². The molecule has 0 aromatic carbocycles. The summed E-state index contributed by atoms with van der Waals surface area (Å²) < 4.78 is 4.86. The first-order valence-electron chi connectivity index (χ1n) is 6.16. The number of carbonyl (C=O) groups is 2. The molecule has 8 nitrogen and oxygen atoms in total. The minimum absolute atomic E-state index is 0.123. The number of primary amides is 1. The summed E-state index contributed by atoms with van der Waals surface area (Å²) in [6.07, 6.45) is 0.503. The SMILES string of the molecule is CC(=O)c1sc(NCCc2noc(C)n2)c(C(N)=O)c1N. The summed E-state index contributed by atoms with van der Waals surface area (Å²) in [4.78, 5) is 27.3. The van der Waals surface area contributed by atoms with Gasteiger partial charge in [-0.05, 0) is 0 Å². The lowest BCUT2D eigenvalue weighted by molar-refractivity contribution is 0.100. The summed E-state index contributed by atoms with van der Waals surface area (Å²) >= 11 is 1.11. The maximum absolute atomic E-state index is 11.5. The fourth-order valence-electron chi connectivity index (χ4n) is 1.81. The Kier molecular flexibility index (Phi) is 4.22. The van der Waals surface area contributed by atoms with Crippen molar-refractivity contribution in [3.63, 3.8) is 0 Å². The number of Topliss-reactive ketones (excluding diaryl/α,β-unsaturated/α-hetero) is 1. The molecule has 0 aliphatic carbocycles. The van der Waals surface area contributed by atoms with Gasteiger partial charge in [-0.2, -0.15) is 4.98 Å². The molecule has 0 unspecified atom stereocenters. The van der Waals surface area contributed by atoms with Gasteiger partial charge in [0.1, 0.15) is 5.00 Å². The van der Waals surface area contributed by atoms with Crippen LogP contribution in [0.2, 0.25) is 0 Å². The molecule has 112 valence electrons. The Morgan fingerprint density at radius 3 is 2.67 bits per heavy atom. The van der Waals surface area contributed by atoms with Crippen molar-refractivity contribution in [1.82, 2.24) is 10.1 Å². The molecule has 9 heteroatoms. The maximum Gasteiger partial charge on any atom is 0.253 e. The third kappa shape index (κ3) is 3.19. The number of thiophene rings is 1. The van der Waals surface area contributed by atoms with E-state index in [0.717, 1.165) is 11.3 Å². The van der Waals surface area contributed by atoms with Crippen LogP contribution in [-0.4, -0.2) is 28.4 Å². The fourth-order valence-corrected chi connectivity index (χ4v) is 2.85. The molecule has 0 saturated heterocycles. The molecule has 2 heterocycles. The molecule has 0 bridgehead atoms. The Morgan fingerprint density at radius 1 is 1.43 bits per heavy atom. The lowest BCUT2D eigenvalue weighted by Gasteiger charge is -2.03. The average Bonchev–Trinajstić information content (AvgIpc) is 2.93. The molecule has 2 aromatic heterocycles. The number of hydrogen-bond donors (Lipinski definition) is 3. The van der Waals surface area contributed by atoms with Crippen LogP contribution in [-0.2, 0) is 6.42 Å². The van der Waals surface area contributed by atoms with Gasteiger partial charge < -0.3 is 21.3 Å². The zero-order chi connectivity index (χ0) is 15.6. The van der Waals surface area contributed by atoms with E-state index in [9.17, 15) is 9.59 Å². The standard InChI is InChI=1S/C12H15N5O3S/c1-5(18)10-9(13)8(11(14)19)12(21-10)15-4-3-7-16-6(2)20-17-7/h15H,3-4,13H2,1-2H3,(H2,14,19). The van der Waals surface area contributed by atoms with Gasteiger partial charge in [-0.1, -0.05) is 5.16 Å². The number of anilines is 2. The Labute approximate surface area is 124 Å². The summed E-state index contributed by atoms with van der Waals surface area (Å²) in [7, 11) is 0. The van der Waals surface area contributed by atoms with Crippen molar-refractivity contribution in [2.24, 2.45) is 5.73 Å². The van der Waals surface area contributed by atoms with Crippen molar-refractivity contribution in [3.8, 4) is 0 Å². The lowest BCUT2D eigenvalue weighted by Crippen LogP contribution is -2.16. The van der Waals surface area contributed by atoms with Crippen molar-refractivity contribution >= 4 is 33.7 Å². The van der Waals surface area contributed by atoms with Gasteiger partial charge in [0.2, 0.25) is 5.89 Å². The second kappa shape index (κ2) is 5.92. The summed E-state index contributed by atoms with van der Waals surface area (Å²) in [5.74, 6) is 0.162. The van der Waals surface area contributed by atoms with Gasteiger partial charge in [0, 0.05) is 26.8 Å². The van der Waals surface area contributed by atoms with Crippen LogP contribution in [0.5, 0.6) is 0 Å². The molecule has 5 N–H and O–H groups in total. The molecule has 21 heavy (non-hydrogen) atoms. The number of rotatable bonds is 6. The maximum atomic E-state index is 11.5. The molecule has 1 amide bonds. The monoisotopic (exact) mass is 309 g/mol. The molecule has 0 spiro atoms. The first-order chi connectivity index (χ1) is 9.90. The molecule has 0 fully saturated rings. The first-order valence-corrected chi connectivity index (χ1v) is 6.97. The van der Waals surface area contributed by atoms with Crippen LogP contribution in [0.3, 0.4) is 0 Å². The normalized spacial score (nSPS) is 10.6. The summed E-state index contributed by atoms with van der Waals surface area (Å²) in [6.45, 7) is 3.55. The van der Waals surface area contributed by atoms with E-state index in [4.69, 9.17) is 16.0 Å². The second-order valence-corrected chi connectivity index (χ2v) is 5.40. The number of ketones is 1. The van der Waals surface area contributed by atoms with Crippen LogP contribution >= 0.6 is 11.3 Å². The van der Waals surface area contributed by atoms with Gasteiger partial charge in [-0.25, -0.2) is 0 Å². The number of nitrogens with one attached hydrogen (secondary N) is 1. The highest BCUT2D eigenvalue weighted by Crippen LogP contribution is 2.35. The number of aromatic nitrogens is 2. The van der Waals surface area contributed by atoms with Crippen LogP contribution in [0.25, 0.3) is 0 Å². The number of nitrogens with zero attached hydrogens (tertiary/aromatic N) is 2. The summed E-state index contributed by atoms with van der Waals surface area (Å²) in [5, 5.41) is 7.27. The fraction of sp³-hybridized carbons (Fsp3) is 0.333. The van der Waals surface area contributed by atoms with Crippen LogP contribution in [0.15, 0.2) is 4.52 Å². The van der Waals surface area contributed by atoms with Gasteiger partial charge in [-0.3, -0.25) is 9.59 Å². The molecule has 0 aliphatic heterocycles. The third-order valence-electron chi connectivity index (χ3n) is 2.72. The molecule has 0 atom stereocenters. The van der Waals surface area contributed by atoms with Crippen LogP contribution in [0.4, 0.5) is 10.7 Å². The molecular formula is C12H15N5O3S. The van der Waals surface area contributed by atoms with Crippen molar-refractivity contribution < 1.29 is 14.1 Å². The number of nitrogen functional groups attached to an aromatic ring is 1. The number of aryl methyl sites for hydroxylation is 1. The highest BCUT2D eigenvalue weighted by Gasteiger charge is 2.22. The Balaban J connectivity index is 2.13. The quantitative estimate of drug-likeness (QED) is 0.676. The second-order valence-electron chi connectivity index (χ2n) is 4.38. The van der Waals surface area contributed by atoms with E-state index in [0.29, 0.717) is 34.6 Å². The molecular weight excluding hydrogens is 294 g/mol. The highest BCUT2D eigenvalue weighted by atomic mass is 32.1. The van der Waals surface area contributed by atoms with Gasteiger partial charge >= 0.3 is 0 Å². The van der Waals surface area contributed by atoms with Crippen molar-refractivity contribution in [3.05, 3.63) is 22.2 Å². The van der Waals surface area contributed by atoms with Crippen LogP contribution < -0.4 is 16.8 Å². The Bertz CT molecular complexity index is 691. The van der Waals surface area contributed by atoms with Crippen molar-refractivity contribution in [2.45, 2.75) is 20.3 Å². The largest absolute Gasteiger partial charge is 0.397 e. The third-order valence-corrected chi connectivity index (χ3v) is 3.98. The van der Waals surface area contributed by atoms with Crippen molar-refractivity contribution in [2.75, 3.05) is 17.6 Å². The van der Waals surface area contributed by atoms with E-state index in [1.807, 2.05) is 0 Å². The van der Waals surface area contributed by atoms with Crippen LogP contribution in [0.1, 0.15) is 38.7 Å². The molecule has 2 aromatic rings. The predicted molar refractivity (Wildman–Crippen MR) is 78.5 cm³/mol. The highest BCUT2D eigenvalue weighted by molar-refractivity contribution is 7.19. The summed E-state index contributed by atoms with van der Waals surface area (Å²) in [6, 6.07) is 0. The minimum Gasteiger partial charge on any atom is -0.397 e. The smallest absolute Gasteiger partial charge is 0.253 e. The molecule has 2 rings (SSSR count). The number of amides is 1. The van der Waals surface area contributed by atoms with E-state index in [2.05, 4.69) is 15.5 Å². The Morgan fingerprint density at radius 2 is 2.14 bits per heavy atom.